The Morgan fingerprint density at radius 3 is 2.57 bits per heavy atom. The van der Waals surface area contributed by atoms with Crippen molar-refractivity contribution >= 4 is 34.4 Å². The van der Waals surface area contributed by atoms with Crippen molar-refractivity contribution in [3.63, 3.8) is 0 Å². The number of aromatic nitrogens is 2. The molecule has 4 aromatic rings. The minimum atomic E-state index is -1.08. The molecule has 3 heterocycles. The van der Waals surface area contributed by atoms with Gasteiger partial charge in [-0.15, -0.1) is 5.11 Å². The van der Waals surface area contributed by atoms with Gasteiger partial charge in [0.1, 0.15) is 23.2 Å². The number of azo groups is 1. The molecule has 6 rings (SSSR count). The number of nitrogens with one attached hydrogen (secondary N) is 1. The number of benzene rings is 2. The molecule has 2 fully saturated rings. The summed E-state index contributed by atoms with van der Waals surface area (Å²) in [5, 5.41) is 14.8. The van der Waals surface area contributed by atoms with Crippen molar-refractivity contribution in [2.75, 3.05) is 18.4 Å². The lowest BCUT2D eigenvalue weighted by Crippen LogP contribution is -2.40. The average molecular weight is 601 g/mol. The minimum Gasteiger partial charge on any atom is -0.436 e. The molecule has 1 aliphatic carbocycles. The summed E-state index contributed by atoms with van der Waals surface area (Å²) in [5.74, 6) is 4.49. The Labute approximate surface area is 251 Å². The number of amidine groups is 1. The Balaban J connectivity index is 1.14. The molecule has 2 aliphatic rings. The Bertz CT molecular complexity index is 1750. The number of likely N-dealkylation sites (tertiary alicyclic amines) is 1. The zero-order valence-electron chi connectivity index (χ0n) is 23.9. The van der Waals surface area contributed by atoms with E-state index < -0.39 is 12.1 Å². The van der Waals surface area contributed by atoms with Crippen molar-refractivity contribution in [2.24, 2.45) is 33.0 Å². The SMILES string of the molecule is CC(N=NC(c1ccc(F)cc1)C1CCN(C(=O)c2cc(-c3nc4cc(NC(=O)C5C[C@@H]5F)ccc4o3)ccn2)CC1)=NN. The van der Waals surface area contributed by atoms with E-state index in [2.05, 4.69) is 30.6 Å². The van der Waals surface area contributed by atoms with Crippen LogP contribution in [0, 0.1) is 17.7 Å². The van der Waals surface area contributed by atoms with Gasteiger partial charge in [-0.25, -0.2) is 13.8 Å². The van der Waals surface area contributed by atoms with Crippen LogP contribution in [-0.2, 0) is 4.79 Å². The van der Waals surface area contributed by atoms with Crippen molar-refractivity contribution in [3.8, 4) is 11.5 Å². The molecular formula is C31H30F2N8O3. The average Bonchev–Trinajstić information content (AvgIpc) is 3.63. The number of pyridine rings is 1. The van der Waals surface area contributed by atoms with Gasteiger partial charge >= 0.3 is 0 Å². The van der Waals surface area contributed by atoms with Crippen LogP contribution >= 0.6 is 0 Å². The summed E-state index contributed by atoms with van der Waals surface area (Å²) in [6.45, 7) is 2.60. The lowest BCUT2D eigenvalue weighted by Gasteiger charge is -2.34. The van der Waals surface area contributed by atoms with Crippen molar-refractivity contribution in [1.82, 2.24) is 14.9 Å². The molecule has 13 heteroatoms. The van der Waals surface area contributed by atoms with Crippen molar-refractivity contribution in [1.29, 1.82) is 0 Å². The fourth-order valence-corrected chi connectivity index (χ4v) is 5.32. The summed E-state index contributed by atoms with van der Waals surface area (Å²) in [7, 11) is 0. The smallest absolute Gasteiger partial charge is 0.272 e. The number of carbonyl (C=O) groups excluding carboxylic acids is 2. The summed E-state index contributed by atoms with van der Waals surface area (Å²) < 4.78 is 32.7. The van der Waals surface area contributed by atoms with Crippen LogP contribution in [-0.4, -0.2) is 51.8 Å². The van der Waals surface area contributed by atoms with E-state index in [9.17, 15) is 18.4 Å². The van der Waals surface area contributed by atoms with Gasteiger partial charge in [0.2, 0.25) is 11.8 Å². The maximum atomic E-state index is 13.6. The molecule has 0 radical (unpaired) electrons. The van der Waals surface area contributed by atoms with Crippen molar-refractivity contribution in [3.05, 3.63) is 77.9 Å². The first-order valence-corrected chi connectivity index (χ1v) is 14.3. The lowest BCUT2D eigenvalue weighted by molar-refractivity contribution is -0.117. The highest BCUT2D eigenvalue weighted by Crippen LogP contribution is 2.36. The van der Waals surface area contributed by atoms with Gasteiger partial charge in [-0.2, -0.15) is 10.2 Å². The van der Waals surface area contributed by atoms with Crippen LogP contribution in [0.2, 0.25) is 0 Å². The Hall–Kier alpha value is -5.07. The summed E-state index contributed by atoms with van der Waals surface area (Å²) in [6.07, 6.45) is 2.01. The molecule has 0 bridgehead atoms. The van der Waals surface area contributed by atoms with E-state index in [1.807, 2.05) is 0 Å². The van der Waals surface area contributed by atoms with Crippen molar-refractivity contribution < 1.29 is 22.8 Å². The van der Waals surface area contributed by atoms with E-state index in [4.69, 9.17) is 10.3 Å². The number of carbonyl (C=O) groups is 2. The molecule has 226 valence electrons. The lowest BCUT2D eigenvalue weighted by atomic mass is 9.85. The maximum Gasteiger partial charge on any atom is 0.272 e. The van der Waals surface area contributed by atoms with Crippen LogP contribution in [0.1, 0.15) is 48.3 Å². The first-order chi connectivity index (χ1) is 21.3. The Kier molecular flexibility index (Phi) is 8.09. The van der Waals surface area contributed by atoms with Crippen LogP contribution in [0.3, 0.4) is 0 Å². The van der Waals surface area contributed by atoms with E-state index in [0.717, 1.165) is 5.56 Å². The second kappa shape index (κ2) is 12.3. The number of nitrogens with zero attached hydrogens (tertiary/aromatic N) is 6. The molecule has 1 saturated heterocycles. The first-order valence-electron chi connectivity index (χ1n) is 14.3. The third-order valence-electron chi connectivity index (χ3n) is 7.93. The van der Waals surface area contributed by atoms with Crippen LogP contribution in [0.25, 0.3) is 22.6 Å². The van der Waals surface area contributed by atoms with Crippen molar-refractivity contribution in [2.45, 2.75) is 38.4 Å². The van der Waals surface area contributed by atoms with E-state index in [0.29, 0.717) is 60.0 Å². The largest absolute Gasteiger partial charge is 0.436 e. The molecule has 2 aromatic heterocycles. The highest BCUT2D eigenvalue weighted by molar-refractivity contribution is 5.96. The van der Waals surface area contributed by atoms with Crippen LogP contribution in [0.15, 0.2) is 80.5 Å². The number of oxazole rings is 1. The second-order valence-corrected chi connectivity index (χ2v) is 11.0. The number of halogens is 2. The molecule has 44 heavy (non-hydrogen) atoms. The summed E-state index contributed by atoms with van der Waals surface area (Å²) in [6, 6.07) is 14.2. The number of hydrogen-bond acceptors (Lipinski definition) is 8. The molecule has 2 unspecified atom stereocenters. The number of piperidine rings is 1. The van der Waals surface area contributed by atoms with Gasteiger partial charge < -0.3 is 20.5 Å². The zero-order valence-corrected chi connectivity index (χ0v) is 23.9. The van der Waals surface area contributed by atoms with Gasteiger partial charge in [-0.1, -0.05) is 12.1 Å². The van der Waals surface area contributed by atoms with Crippen LogP contribution in [0.4, 0.5) is 14.5 Å². The Morgan fingerprint density at radius 2 is 1.86 bits per heavy atom. The number of anilines is 1. The normalized spacial score (nSPS) is 19.8. The molecule has 2 aromatic carbocycles. The van der Waals surface area contributed by atoms with Gasteiger partial charge in [-0.3, -0.25) is 14.6 Å². The topological polar surface area (TPSA) is 151 Å². The summed E-state index contributed by atoms with van der Waals surface area (Å²) >= 11 is 0. The van der Waals surface area contributed by atoms with E-state index in [1.54, 1.807) is 54.3 Å². The van der Waals surface area contributed by atoms with Gasteiger partial charge in [0.15, 0.2) is 11.4 Å². The monoisotopic (exact) mass is 600 g/mol. The van der Waals surface area contributed by atoms with Crippen LogP contribution in [0.5, 0.6) is 0 Å². The third kappa shape index (κ3) is 6.31. The molecule has 3 atom stereocenters. The zero-order chi connectivity index (χ0) is 30.8. The minimum absolute atomic E-state index is 0.0650. The number of amides is 2. The fourth-order valence-electron chi connectivity index (χ4n) is 5.32. The molecule has 3 N–H and O–H groups in total. The number of fused-ring (bicyclic) bond motifs is 1. The predicted molar refractivity (Wildman–Crippen MR) is 159 cm³/mol. The number of alkyl halides is 1. The highest BCUT2D eigenvalue weighted by atomic mass is 19.1. The summed E-state index contributed by atoms with van der Waals surface area (Å²) in [5.41, 5.74) is 3.17. The third-order valence-corrected chi connectivity index (χ3v) is 7.93. The number of rotatable bonds is 7. The van der Waals surface area contributed by atoms with E-state index in [-0.39, 0.29) is 41.7 Å². The second-order valence-electron chi connectivity index (χ2n) is 11.0. The first kappa shape index (κ1) is 29.0. The maximum absolute atomic E-state index is 13.6. The summed E-state index contributed by atoms with van der Waals surface area (Å²) in [4.78, 5) is 36.1. The van der Waals surface area contributed by atoms with Gasteiger partial charge in [0.05, 0.1) is 12.0 Å². The standard InChI is InChI=1S/C31H30F2N8O3/c1-17(38-34)39-40-28(18-2-4-21(32)5-3-18)19-9-12-41(13-10-19)31(43)26-14-20(8-11-35-26)30-37-25-15-22(6-7-27(25)44-30)36-29(42)23-16-24(23)33/h2-8,11,14-15,19,23-24,28H,9-10,12-13,16,34H2,1H3,(H,36,42)/t23?,24-,28?/m0/s1. The van der Waals surface area contributed by atoms with Gasteiger partial charge in [0.25, 0.3) is 5.91 Å². The van der Waals surface area contributed by atoms with E-state index >= 15 is 0 Å². The molecule has 1 saturated carbocycles. The van der Waals surface area contributed by atoms with E-state index in [1.165, 1.54) is 18.3 Å². The van der Waals surface area contributed by atoms with Crippen LogP contribution < -0.4 is 11.2 Å². The fraction of sp³-hybridized carbons (Fsp3) is 0.323. The number of hydrazone groups is 1. The van der Waals surface area contributed by atoms with Gasteiger partial charge in [-0.05, 0) is 80.1 Å². The Morgan fingerprint density at radius 1 is 1.11 bits per heavy atom. The quantitative estimate of drug-likeness (QED) is 0.0918. The molecular weight excluding hydrogens is 570 g/mol. The number of hydrogen-bond donors (Lipinski definition) is 2. The molecule has 11 nitrogen and oxygen atoms in total. The van der Waals surface area contributed by atoms with Gasteiger partial charge in [0, 0.05) is 30.5 Å². The predicted octanol–water partition coefficient (Wildman–Crippen LogP) is 5.66. The highest BCUT2D eigenvalue weighted by Gasteiger charge is 2.43. The molecule has 1 aliphatic heterocycles. The number of nitrogens with two attached hydrogens (primary N) is 1. The molecule has 2 amide bonds. The molecule has 0 spiro atoms.